The van der Waals surface area contributed by atoms with Gasteiger partial charge < -0.3 is 14.8 Å². The lowest BCUT2D eigenvalue weighted by Crippen LogP contribution is -2.27. The highest BCUT2D eigenvalue weighted by molar-refractivity contribution is 5.98. The molecule has 3 rings (SSSR count). The maximum Gasteiger partial charge on any atom is 0.337 e. The topological polar surface area (TPSA) is 82.5 Å². The van der Waals surface area contributed by atoms with Crippen LogP contribution in [0.2, 0.25) is 0 Å². The molecule has 186 valence electrons. The van der Waals surface area contributed by atoms with Gasteiger partial charge in [-0.05, 0) is 36.8 Å². The number of esters is 1. The lowest BCUT2D eigenvalue weighted by Gasteiger charge is -2.16. The van der Waals surface area contributed by atoms with Crippen LogP contribution in [0.3, 0.4) is 0 Å². The summed E-state index contributed by atoms with van der Waals surface area (Å²) in [4.78, 5) is 24.7. The highest BCUT2D eigenvalue weighted by Gasteiger charge is 2.31. The highest BCUT2D eigenvalue weighted by Crippen LogP contribution is 2.35. The van der Waals surface area contributed by atoms with E-state index in [2.05, 4.69) is 15.2 Å². The molecule has 0 fully saturated rings. The van der Waals surface area contributed by atoms with Crippen LogP contribution >= 0.6 is 0 Å². The molecule has 0 aliphatic rings. The van der Waals surface area contributed by atoms with Gasteiger partial charge in [0.15, 0.2) is 0 Å². The number of nitrogens with zero attached hydrogens (tertiary/aromatic N) is 2. The number of ether oxygens (including phenoxy) is 2. The quantitative estimate of drug-likeness (QED) is 0.329. The smallest absolute Gasteiger partial charge is 0.337 e. The Labute approximate surface area is 198 Å². The van der Waals surface area contributed by atoms with Crippen molar-refractivity contribution in [3.05, 3.63) is 76.5 Å². The molecule has 0 saturated heterocycles. The molecule has 1 atom stereocenters. The first-order valence-electron chi connectivity index (χ1n) is 10.4. The summed E-state index contributed by atoms with van der Waals surface area (Å²) in [7, 11) is 2.54. The van der Waals surface area contributed by atoms with Gasteiger partial charge in [-0.1, -0.05) is 24.3 Å². The van der Waals surface area contributed by atoms with Crippen LogP contribution < -0.4 is 10.1 Å². The number of nitrogens with one attached hydrogen (secondary N) is 1. The molecule has 35 heavy (non-hydrogen) atoms. The number of alkyl halides is 4. The van der Waals surface area contributed by atoms with Crippen molar-refractivity contribution in [2.75, 3.05) is 7.11 Å². The zero-order valence-corrected chi connectivity index (χ0v) is 19.3. The van der Waals surface area contributed by atoms with Crippen LogP contribution in [0.1, 0.15) is 63.9 Å². The fraction of sp³-hybridized carbons (Fsp3) is 0.292. The summed E-state index contributed by atoms with van der Waals surface area (Å²) in [5.74, 6) is -4.99. The number of hydrogen-bond acceptors (Lipinski definition) is 5. The summed E-state index contributed by atoms with van der Waals surface area (Å²) in [6.45, 7) is 2.33. The largest absolute Gasteiger partial charge is 0.465 e. The number of halogens is 4. The standard InChI is InChI=1S/C24H23F4N3O4/c1-13(14-8-10-15(11-9-14)23(33)34-4)29-21(32)18-19(20(25)26)30-31(3)22(18)35-17-7-5-6-16(12-17)24(2,27)28/h5-13,20H,1-4H3,(H,29,32). The van der Waals surface area contributed by atoms with Crippen LogP contribution in [0.4, 0.5) is 17.6 Å². The Kier molecular flexibility index (Phi) is 7.47. The first-order valence-corrected chi connectivity index (χ1v) is 10.4. The van der Waals surface area contributed by atoms with E-state index in [1.165, 1.54) is 44.5 Å². The van der Waals surface area contributed by atoms with E-state index in [9.17, 15) is 27.2 Å². The van der Waals surface area contributed by atoms with E-state index in [-0.39, 0.29) is 17.2 Å². The molecule has 0 aliphatic heterocycles. The van der Waals surface area contributed by atoms with E-state index in [0.29, 0.717) is 18.1 Å². The molecule has 7 nitrogen and oxygen atoms in total. The Bertz CT molecular complexity index is 1220. The van der Waals surface area contributed by atoms with Crippen molar-refractivity contribution in [3.8, 4) is 11.6 Å². The van der Waals surface area contributed by atoms with Crippen molar-refractivity contribution in [2.24, 2.45) is 7.05 Å². The van der Waals surface area contributed by atoms with Crippen LogP contribution in [0.5, 0.6) is 11.6 Å². The minimum absolute atomic E-state index is 0.0756. The van der Waals surface area contributed by atoms with Gasteiger partial charge in [0.2, 0.25) is 5.88 Å². The molecule has 0 bridgehead atoms. The average molecular weight is 493 g/mol. The summed E-state index contributed by atoms with van der Waals surface area (Å²) in [6, 6.07) is 10.5. The van der Waals surface area contributed by atoms with Crippen molar-refractivity contribution in [1.29, 1.82) is 0 Å². The molecule has 0 saturated carbocycles. The zero-order valence-electron chi connectivity index (χ0n) is 19.3. The van der Waals surface area contributed by atoms with Gasteiger partial charge in [0.1, 0.15) is 17.0 Å². The van der Waals surface area contributed by atoms with Crippen molar-refractivity contribution in [2.45, 2.75) is 32.2 Å². The normalized spacial score (nSPS) is 12.4. The van der Waals surface area contributed by atoms with Crippen molar-refractivity contribution in [3.63, 3.8) is 0 Å². The van der Waals surface area contributed by atoms with Gasteiger partial charge in [0.05, 0.1) is 18.7 Å². The Morgan fingerprint density at radius 1 is 1.11 bits per heavy atom. The van der Waals surface area contributed by atoms with Crippen molar-refractivity contribution < 1.29 is 36.6 Å². The predicted octanol–water partition coefficient (Wildman–Crippen LogP) is 5.54. The first-order chi connectivity index (χ1) is 16.4. The number of methoxy groups -OCH3 is 1. The second-order valence-corrected chi connectivity index (χ2v) is 7.82. The van der Waals surface area contributed by atoms with Gasteiger partial charge in [-0.25, -0.2) is 27.0 Å². The van der Waals surface area contributed by atoms with E-state index in [0.717, 1.165) is 10.7 Å². The summed E-state index contributed by atoms with van der Waals surface area (Å²) in [5.41, 5.74) is -0.785. The van der Waals surface area contributed by atoms with Gasteiger partial charge in [-0.15, -0.1) is 0 Å². The Balaban J connectivity index is 1.91. The maximum absolute atomic E-state index is 13.7. The number of aryl methyl sites for hydroxylation is 1. The monoisotopic (exact) mass is 493 g/mol. The third-order valence-electron chi connectivity index (χ3n) is 5.19. The van der Waals surface area contributed by atoms with Crippen LogP contribution in [0.15, 0.2) is 48.5 Å². The molecule has 3 aromatic rings. The number of aromatic nitrogens is 2. The second-order valence-electron chi connectivity index (χ2n) is 7.82. The summed E-state index contributed by atoms with van der Waals surface area (Å²) in [5, 5.41) is 6.30. The van der Waals surface area contributed by atoms with E-state index in [1.54, 1.807) is 19.1 Å². The fourth-order valence-corrected chi connectivity index (χ4v) is 3.33. The van der Waals surface area contributed by atoms with E-state index >= 15 is 0 Å². The highest BCUT2D eigenvalue weighted by atomic mass is 19.3. The molecule has 2 aromatic carbocycles. The predicted molar refractivity (Wildman–Crippen MR) is 118 cm³/mol. The molecule has 1 heterocycles. The number of rotatable bonds is 8. The van der Waals surface area contributed by atoms with E-state index in [1.807, 2.05) is 0 Å². The average Bonchev–Trinajstić information content (AvgIpc) is 3.14. The first kappa shape index (κ1) is 25.7. The molecule has 1 aromatic heterocycles. The number of amides is 1. The van der Waals surface area contributed by atoms with E-state index in [4.69, 9.17) is 4.74 Å². The molecule has 0 radical (unpaired) electrons. The van der Waals surface area contributed by atoms with Crippen molar-refractivity contribution >= 4 is 11.9 Å². The molecule has 1 unspecified atom stereocenters. The fourth-order valence-electron chi connectivity index (χ4n) is 3.33. The van der Waals surface area contributed by atoms with E-state index < -0.39 is 41.5 Å². The Morgan fingerprint density at radius 2 is 1.77 bits per heavy atom. The number of hydrogen-bond donors (Lipinski definition) is 1. The molecule has 0 spiro atoms. The van der Waals surface area contributed by atoms with Gasteiger partial charge in [0, 0.05) is 19.5 Å². The SMILES string of the molecule is COC(=O)c1ccc(C(C)NC(=O)c2c(C(F)F)nn(C)c2Oc2cccc(C(C)(F)F)c2)cc1. The minimum Gasteiger partial charge on any atom is -0.465 e. The molecule has 0 aliphatic carbocycles. The molecular formula is C24H23F4N3O4. The molecule has 1 amide bonds. The minimum atomic E-state index is -3.15. The lowest BCUT2D eigenvalue weighted by atomic mass is 10.1. The van der Waals surface area contributed by atoms with Crippen LogP contribution in [0, 0.1) is 0 Å². The Morgan fingerprint density at radius 3 is 2.34 bits per heavy atom. The number of carbonyl (C=O) groups excluding carboxylic acids is 2. The second kappa shape index (κ2) is 10.2. The third-order valence-corrected chi connectivity index (χ3v) is 5.19. The molecular weight excluding hydrogens is 470 g/mol. The number of carbonyl (C=O) groups is 2. The van der Waals surface area contributed by atoms with Crippen LogP contribution in [-0.4, -0.2) is 28.8 Å². The molecule has 11 heteroatoms. The third kappa shape index (κ3) is 5.79. The van der Waals surface area contributed by atoms with Crippen LogP contribution in [-0.2, 0) is 17.7 Å². The molecule has 1 N–H and O–H groups in total. The van der Waals surface area contributed by atoms with Crippen molar-refractivity contribution in [1.82, 2.24) is 15.1 Å². The van der Waals surface area contributed by atoms with Crippen LogP contribution in [0.25, 0.3) is 0 Å². The summed E-state index contributed by atoms with van der Waals surface area (Å²) >= 11 is 0. The summed E-state index contributed by atoms with van der Waals surface area (Å²) < 4.78 is 66.0. The van der Waals surface area contributed by atoms with Gasteiger partial charge in [-0.3, -0.25) is 4.79 Å². The maximum atomic E-state index is 13.7. The number of benzene rings is 2. The lowest BCUT2D eigenvalue weighted by molar-refractivity contribution is 0.0172. The zero-order chi connectivity index (χ0) is 25.9. The van der Waals surface area contributed by atoms with Gasteiger partial charge in [0.25, 0.3) is 18.3 Å². The van der Waals surface area contributed by atoms with Gasteiger partial charge >= 0.3 is 5.97 Å². The Hall–Kier alpha value is -3.89. The summed E-state index contributed by atoms with van der Waals surface area (Å²) in [6.07, 6.45) is -3.10. The van der Waals surface area contributed by atoms with Gasteiger partial charge in [-0.2, -0.15) is 5.10 Å².